The number of hydrogen-bond donors (Lipinski definition) is 1. The Balaban J connectivity index is 1.82. The minimum absolute atomic E-state index is 0.125. The fourth-order valence-corrected chi connectivity index (χ4v) is 3.40. The van der Waals surface area contributed by atoms with Gasteiger partial charge in [-0.25, -0.2) is 9.40 Å². The maximum absolute atomic E-state index is 13.9. The van der Waals surface area contributed by atoms with Crippen LogP contribution in [0.15, 0.2) is 42.7 Å². The highest BCUT2D eigenvalue weighted by Crippen LogP contribution is 2.38. The Morgan fingerprint density at radius 2 is 2.12 bits per heavy atom. The standard InChI is InChI=1S/C16H14FN3O3S/c1-23-13-3-2-11(8-12(13)17)16-20(14(21)9-24-16)19-15(22)10-4-6-18-7-5-10/h2-8,16H,9H2,1H3,(H,19,22)/t16-/m1/s1. The van der Waals surface area contributed by atoms with Crippen molar-refractivity contribution in [1.29, 1.82) is 0 Å². The molecule has 3 rings (SSSR count). The first-order valence-corrected chi connectivity index (χ1v) is 8.13. The van der Waals surface area contributed by atoms with Crippen molar-refractivity contribution in [2.24, 2.45) is 0 Å². The second-order valence-electron chi connectivity index (χ2n) is 5.00. The summed E-state index contributed by atoms with van der Waals surface area (Å²) in [6, 6.07) is 7.57. The third-order valence-electron chi connectivity index (χ3n) is 3.49. The van der Waals surface area contributed by atoms with Gasteiger partial charge in [-0.3, -0.25) is 20.0 Å². The number of pyridine rings is 1. The van der Waals surface area contributed by atoms with Crippen LogP contribution in [0.5, 0.6) is 5.75 Å². The van der Waals surface area contributed by atoms with Crippen LogP contribution in [0.1, 0.15) is 21.3 Å². The Labute approximate surface area is 142 Å². The monoisotopic (exact) mass is 347 g/mol. The Bertz CT molecular complexity index is 772. The molecule has 0 bridgehead atoms. The van der Waals surface area contributed by atoms with Crippen molar-refractivity contribution in [3.8, 4) is 5.75 Å². The molecular formula is C16H14FN3O3S. The van der Waals surface area contributed by atoms with Gasteiger partial charge in [0.15, 0.2) is 11.6 Å². The number of hydrazine groups is 1. The van der Waals surface area contributed by atoms with Gasteiger partial charge in [0.1, 0.15) is 5.37 Å². The van der Waals surface area contributed by atoms with Gasteiger partial charge in [-0.1, -0.05) is 6.07 Å². The lowest BCUT2D eigenvalue weighted by atomic mass is 10.2. The van der Waals surface area contributed by atoms with E-state index in [1.807, 2.05) is 0 Å². The average Bonchev–Trinajstić information content (AvgIpc) is 2.96. The van der Waals surface area contributed by atoms with Gasteiger partial charge in [-0.05, 0) is 29.8 Å². The number of aromatic nitrogens is 1. The molecule has 2 aromatic rings. The third-order valence-corrected chi connectivity index (χ3v) is 4.71. The molecule has 2 amide bonds. The molecule has 8 heteroatoms. The number of ether oxygens (including phenoxy) is 1. The van der Waals surface area contributed by atoms with Crippen LogP contribution < -0.4 is 10.2 Å². The van der Waals surface area contributed by atoms with Crippen LogP contribution in [-0.4, -0.2) is 34.7 Å². The molecule has 6 nitrogen and oxygen atoms in total. The number of thioether (sulfide) groups is 1. The SMILES string of the molecule is COc1ccc([C@H]2SCC(=O)N2NC(=O)c2ccncc2)cc1F. The van der Waals surface area contributed by atoms with E-state index < -0.39 is 17.1 Å². The second-order valence-corrected chi connectivity index (χ2v) is 6.07. The summed E-state index contributed by atoms with van der Waals surface area (Å²) >= 11 is 1.31. The van der Waals surface area contributed by atoms with E-state index in [1.165, 1.54) is 48.4 Å². The summed E-state index contributed by atoms with van der Waals surface area (Å²) in [5, 5.41) is 0.734. The normalized spacial score (nSPS) is 17.0. The summed E-state index contributed by atoms with van der Waals surface area (Å²) in [6.45, 7) is 0. The second kappa shape index (κ2) is 6.88. The van der Waals surface area contributed by atoms with E-state index in [2.05, 4.69) is 10.4 Å². The number of amides is 2. The van der Waals surface area contributed by atoms with E-state index >= 15 is 0 Å². The molecule has 124 valence electrons. The lowest BCUT2D eigenvalue weighted by Crippen LogP contribution is -2.44. The first kappa shape index (κ1) is 16.3. The summed E-state index contributed by atoms with van der Waals surface area (Å²) in [7, 11) is 1.38. The smallest absolute Gasteiger partial charge is 0.270 e. The molecule has 1 aliphatic rings. The van der Waals surface area contributed by atoms with Gasteiger partial charge in [-0.15, -0.1) is 11.8 Å². The van der Waals surface area contributed by atoms with Crippen LogP contribution in [0.3, 0.4) is 0 Å². The van der Waals surface area contributed by atoms with Crippen molar-refractivity contribution >= 4 is 23.6 Å². The molecule has 2 heterocycles. The number of halogens is 1. The molecule has 1 aromatic heterocycles. The molecule has 1 fully saturated rings. The van der Waals surface area contributed by atoms with Crippen LogP contribution in [0.25, 0.3) is 0 Å². The third kappa shape index (κ3) is 3.18. The molecule has 1 atom stereocenters. The fraction of sp³-hybridized carbons (Fsp3) is 0.188. The van der Waals surface area contributed by atoms with Gasteiger partial charge in [0.2, 0.25) is 0 Å². The van der Waals surface area contributed by atoms with Crippen molar-refractivity contribution in [3.05, 3.63) is 59.7 Å². The molecule has 0 unspecified atom stereocenters. The molecular weight excluding hydrogens is 333 g/mol. The number of carbonyl (C=O) groups excluding carboxylic acids is 2. The van der Waals surface area contributed by atoms with Gasteiger partial charge in [-0.2, -0.15) is 0 Å². The highest BCUT2D eigenvalue weighted by atomic mass is 32.2. The summed E-state index contributed by atoms with van der Waals surface area (Å²) in [4.78, 5) is 28.2. The van der Waals surface area contributed by atoms with E-state index in [4.69, 9.17) is 4.74 Å². The maximum atomic E-state index is 13.9. The summed E-state index contributed by atoms with van der Waals surface area (Å²) in [5.41, 5.74) is 3.54. The van der Waals surface area contributed by atoms with Crippen molar-refractivity contribution in [3.63, 3.8) is 0 Å². The lowest BCUT2D eigenvalue weighted by Gasteiger charge is -2.24. The Morgan fingerprint density at radius 3 is 2.79 bits per heavy atom. The van der Waals surface area contributed by atoms with Crippen LogP contribution >= 0.6 is 11.8 Å². The van der Waals surface area contributed by atoms with Gasteiger partial charge < -0.3 is 4.74 Å². The summed E-state index contributed by atoms with van der Waals surface area (Å²) in [6.07, 6.45) is 2.98. The Kier molecular flexibility index (Phi) is 4.66. The predicted octanol–water partition coefficient (Wildman–Crippen LogP) is 2.15. The Hall–Kier alpha value is -2.61. The number of hydrogen-bond acceptors (Lipinski definition) is 5. The largest absolute Gasteiger partial charge is 0.494 e. The molecule has 24 heavy (non-hydrogen) atoms. The number of nitrogens with one attached hydrogen (secondary N) is 1. The molecule has 1 N–H and O–H groups in total. The topological polar surface area (TPSA) is 71.5 Å². The van der Waals surface area contributed by atoms with Crippen LogP contribution in [0.2, 0.25) is 0 Å². The molecule has 1 aromatic carbocycles. The number of rotatable bonds is 4. The highest BCUT2D eigenvalue weighted by Gasteiger charge is 2.35. The molecule has 0 saturated carbocycles. The molecule has 0 radical (unpaired) electrons. The molecule has 1 saturated heterocycles. The Morgan fingerprint density at radius 1 is 1.38 bits per heavy atom. The van der Waals surface area contributed by atoms with Crippen molar-refractivity contribution in [1.82, 2.24) is 15.4 Å². The summed E-state index contributed by atoms with van der Waals surface area (Å²) < 4.78 is 18.8. The predicted molar refractivity (Wildman–Crippen MR) is 86.7 cm³/mol. The average molecular weight is 347 g/mol. The van der Waals surface area contributed by atoms with Gasteiger partial charge >= 0.3 is 0 Å². The number of carbonyl (C=O) groups is 2. The minimum Gasteiger partial charge on any atom is -0.494 e. The van der Waals surface area contributed by atoms with Gasteiger partial charge in [0, 0.05) is 18.0 Å². The van der Waals surface area contributed by atoms with E-state index in [9.17, 15) is 14.0 Å². The molecule has 0 spiro atoms. The van der Waals surface area contributed by atoms with Gasteiger partial charge in [0.05, 0.1) is 12.9 Å². The number of methoxy groups -OCH3 is 1. The quantitative estimate of drug-likeness (QED) is 0.918. The first-order chi connectivity index (χ1) is 11.6. The van der Waals surface area contributed by atoms with Gasteiger partial charge in [0.25, 0.3) is 11.8 Å². The fourth-order valence-electron chi connectivity index (χ4n) is 2.30. The van der Waals surface area contributed by atoms with E-state index in [-0.39, 0.29) is 17.4 Å². The zero-order valence-corrected chi connectivity index (χ0v) is 13.5. The van der Waals surface area contributed by atoms with Crippen molar-refractivity contribution in [2.45, 2.75) is 5.37 Å². The first-order valence-electron chi connectivity index (χ1n) is 7.08. The zero-order chi connectivity index (χ0) is 17.1. The van der Waals surface area contributed by atoms with E-state index in [0.717, 1.165) is 0 Å². The van der Waals surface area contributed by atoms with Crippen LogP contribution in [0.4, 0.5) is 4.39 Å². The van der Waals surface area contributed by atoms with E-state index in [1.54, 1.807) is 18.2 Å². The number of benzene rings is 1. The molecule has 0 aliphatic carbocycles. The zero-order valence-electron chi connectivity index (χ0n) is 12.7. The lowest BCUT2D eigenvalue weighted by molar-refractivity contribution is -0.130. The van der Waals surface area contributed by atoms with Crippen molar-refractivity contribution in [2.75, 3.05) is 12.9 Å². The minimum atomic E-state index is -0.518. The molecule has 1 aliphatic heterocycles. The number of nitrogens with zero attached hydrogens (tertiary/aromatic N) is 2. The van der Waals surface area contributed by atoms with Crippen LogP contribution in [0, 0.1) is 5.82 Å². The van der Waals surface area contributed by atoms with E-state index in [0.29, 0.717) is 11.1 Å². The highest BCUT2D eigenvalue weighted by molar-refractivity contribution is 8.00. The summed E-state index contributed by atoms with van der Waals surface area (Å²) in [5.74, 6) is -0.860. The van der Waals surface area contributed by atoms with Crippen molar-refractivity contribution < 1.29 is 18.7 Å². The maximum Gasteiger partial charge on any atom is 0.270 e. The van der Waals surface area contributed by atoms with Crippen LogP contribution in [-0.2, 0) is 4.79 Å².